The van der Waals surface area contributed by atoms with Crippen molar-refractivity contribution in [2.45, 2.75) is 0 Å². The fourth-order valence-electron chi connectivity index (χ4n) is 0. The molecule has 0 aromatic rings. The van der Waals surface area contributed by atoms with Gasteiger partial charge in [0.05, 0.1) is 0 Å². The molecule has 4 N–H and O–H groups in total. The van der Waals surface area contributed by atoms with E-state index in [0.717, 1.165) is 0 Å². The van der Waals surface area contributed by atoms with Crippen molar-refractivity contribution in [3.8, 4) is 0 Å². The number of hydrogen-bond donors (Lipinski definition) is 4. The summed E-state index contributed by atoms with van der Waals surface area (Å²) in [4.78, 5) is 8.56. The zero-order valence-electron chi connectivity index (χ0n) is 5.40. The summed E-state index contributed by atoms with van der Waals surface area (Å²) in [6.45, 7) is 0. The Labute approximate surface area is 72.1 Å². The fraction of sp³-hybridized carbons (Fsp3) is 0. The first-order valence-corrected chi connectivity index (χ1v) is 0.851. The first kappa shape index (κ1) is 15.7. The average molecular weight is 138 g/mol. The van der Waals surface area contributed by atoms with Gasteiger partial charge in [-0.05, 0) is 0 Å². The molecule has 0 aromatic heterocycles. The van der Waals surface area contributed by atoms with Gasteiger partial charge in [0.1, 0.15) is 0 Å². The van der Waals surface area contributed by atoms with Gasteiger partial charge in [-0.3, -0.25) is 10.5 Å². The summed E-state index contributed by atoms with van der Waals surface area (Å²) in [5.41, 5.74) is 0. The second-order valence-electron chi connectivity index (χ2n) is 0.283. The zero-order chi connectivity index (χ0) is 5.58. The molecule has 0 amide bonds. The van der Waals surface area contributed by atoms with Gasteiger partial charge in [-0.15, -0.1) is 0 Å². The van der Waals surface area contributed by atoms with Gasteiger partial charge in [0, 0.05) is 0 Å². The molecule has 0 saturated heterocycles. The molecule has 0 aliphatic carbocycles. The fourth-order valence-corrected chi connectivity index (χ4v) is 0. The van der Waals surface area contributed by atoms with Crippen LogP contribution >= 0.6 is 0 Å². The first-order chi connectivity index (χ1) is 2.73. The van der Waals surface area contributed by atoms with Crippen LogP contribution in [-0.2, 0) is 0 Å². The van der Waals surface area contributed by atoms with E-state index in [1.54, 1.807) is 0 Å². The SMILES string of the molecule is O=C(O)O.OO.[Ca+2].[H-].[H-]. The van der Waals surface area contributed by atoms with E-state index in [-0.39, 0.29) is 40.6 Å². The molecule has 0 bridgehead atoms. The predicted molar refractivity (Wildman–Crippen MR) is 23.9 cm³/mol. The van der Waals surface area contributed by atoms with Crippen LogP contribution < -0.4 is 0 Å². The van der Waals surface area contributed by atoms with E-state index >= 15 is 0 Å². The average Bonchev–Trinajstić information content (AvgIpc) is 1.41. The maximum atomic E-state index is 8.56. The topological polar surface area (TPSA) is 98.0 Å². The minimum Gasteiger partial charge on any atom is -1.00 e. The molecule has 0 heterocycles. The summed E-state index contributed by atoms with van der Waals surface area (Å²) in [7, 11) is 0. The molecule has 6 heteroatoms. The van der Waals surface area contributed by atoms with E-state index in [9.17, 15) is 0 Å². The number of carboxylic acid groups (broad SMARTS) is 2. The van der Waals surface area contributed by atoms with Crippen LogP contribution in [0.1, 0.15) is 2.85 Å². The van der Waals surface area contributed by atoms with Gasteiger partial charge >= 0.3 is 43.9 Å². The Bertz CT molecular complexity index is 37.9. The monoisotopic (exact) mass is 138 g/mol. The summed E-state index contributed by atoms with van der Waals surface area (Å²) in [6, 6.07) is 0. The van der Waals surface area contributed by atoms with Gasteiger partial charge in [0.25, 0.3) is 0 Å². The smallest absolute Gasteiger partial charge is 1.00 e. The summed E-state index contributed by atoms with van der Waals surface area (Å²) in [5, 5.41) is 25.9. The largest absolute Gasteiger partial charge is 2.00 e. The second kappa shape index (κ2) is 16.1. The summed E-state index contributed by atoms with van der Waals surface area (Å²) in [5.74, 6) is 0. The van der Waals surface area contributed by atoms with Crippen LogP contribution in [0.4, 0.5) is 4.79 Å². The normalized spacial score (nSPS) is 4.29. The molecule has 0 fully saturated rings. The van der Waals surface area contributed by atoms with Crippen LogP contribution in [-0.4, -0.2) is 64.6 Å². The molecular formula is CH6CaO5. The zero-order valence-corrected chi connectivity index (χ0v) is 5.61. The molecule has 0 saturated carbocycles. The van der Waals surface area contributed by atoms with Gasteiger partial charge in [-0.2, -0.15) is 0 Å². The van der Waals surface area contributed by atoms with Gasteiger partial charge in [0.2, 0.25) is 0 Å². The molecule has 0 atom stereocenters. The molecule has 7 heavy (non-hydrogen) atoms. The summed E-state index contributed by atoms with van der Waals surface area (Å²) in [6.07, 6.45) is -1.83. The van der Waals surface area contributed by atoms with E-state index < -0.39 is 6.16 Å². The van der Waals surface area contributed by atoms with E-state index in [1.165, 1.54) is 0 Å². The summed E-state index contributed by atoms with van der Waals surface area (Å²) < 4.78 is 0. The van der Waals surface area contributed by atoms with Crippen LogP contribution in [0.25, 0.3) is 0 Å². The minimum atomic E-state index is -1.83. The van der Waals surface area contributed by atoms with Gasteiger partial charge in [-0.1, -0.05) is 0 Å². The molecule has 0 aliphatic heterocycles. The summed E-state index contributed by atoms with van der Waals surface area (Å²) >= 11 is 0. The quantitative estimate of drug-likeness (QED) is 0.216. The van der Waals surface area contributed by atoms with Crippen LogP contribution in [0.15, 0.2) is 0 Å². The van der Waals surface area contributed by atoms with Crippen molar-refractivity contribution in [3.63, 3.8) is 0 Å². The van der Waals surface area contributed by atoms with Crippen LogP contribution in [0.3, 0.4) is 0 Å². The van der Waals surface area contributed by atoms with Crippen molar-refractivity contribution >= 4 is 43.9 Å². The number of hydrogen-bond acceptors (Lipinski definition) is 3. The first-order valence-electron chi connectivity index (χ1n) is 0.851. The van der Waals surface area contributed by atoms with Gasteiger partial charge < -0.3 is 13.1 Å². The predicted octanol–water partition coefficient (Wildman–Crippen LogP) is 0.0840. The standard InChI is InChI=1S/CH2O3.Ca.H2O2.2H/c2-1(3)4;;1-2;;/h(H2,2,3,4);;1-2H;;/q;+2;;2*-1. The third-order valence-corrected chi connectivity index (χ3v) is 0. The molecule has 0 rings (SSSR count). The molecule has 0 aromatic carbocycles. The molecule has 0 radical (unpaired) electrons. The van der Waals surface area contributed by atoms with Crippen LogP contribution in [0, 0.1) is 0 Å². The molecule has 0 unspecified atom stereocenters. The van der Waals surface area contributed by atoms with E-state index in [2.05, 4.69) is 0 Å². The number of carbonyl (C=O) groups is 1. The second-order valence-corrected chi connectivity index (χ2v) is 0.283. The Hall–Kier alpha value is 0.450. The van der Waals surface area contributed by atoms with Crippen LogP contribution in [0.5, 0.6) is 0 Å². The Morgan fingerprint density at radius 3 is 1.29 bits per heavy atom. The van der Waals surface area contributed by atoms with Crippen molar-refractivity contribution in [3.05, 3.63) is 0 Å². The van der Waals surface area contributed by atoms with Crippen molar-refractivity contribution in [2.75, 3.05) is 0 Å². The van der Waals surface area contributed by atoms with Crippen molar-refractivity contribution in [2.24, 2.45) is 0 Å². The number of rotatable bonds is 0. The molecule has 42 valence electrons. The maximum absolute atomic E-state index is 8.56. The molecular weight excluding hydrogens is 132 g/mol. The molecule has 0 aliphatic rings. The van der Waals surface area contributed by atoms with E-state index in [0.29, 0.717) is 0 Å². The Morgan fingerprint density at radius 1 is 1.29 bits per heavy atom. The van der Waals surface area contributed by atoms with Crippen molar-refractivity contribution in [1.29, 1.82) is 0 Å². The Morgan fingerprint density at radius 2 is 1.29 bits per heavy atom. The van der Waals surface area contributed by atoms with Gasteiger partial charge in [-0.25, -0.2) is 4.79 Å². The molecule has 0 spiro atoms. The molecule has 5 nitrogen and oxygen atoms in total. The van der Waals surface area contributed by atoms with E-state index in [4.69, 9.17) is 25.5 Å². The van der Waals surface area contributed by atoms with Crippen molar-refractivity contribution < 1.29 is 28.4 Å². The minimum absolute atomic E-state index is 0. The Balaban J connectivity index is -0.00000000990. The van der Waals surface area contributed by atoms with Crippen LogP contribution in [0.2, 0.25) is 0 Å². The van der Waals surface area contributed by atoms with Gasteiger partial charge in [0.15, 0.2) is 0 Å². The third kappa shape index (κ3) is 631. The third-order valence-electron chi connectivity index (χ3n) is 0. The Kier molecular flexibility index (Phi) is 36.0. The van der Waals surface area contributed by atoms with Crippen molar-refractivity contribution in [1.82, 2.24) is 0 Å². The maximum Gasteiger partial charge on any atom is 2.00 e. The van der Waals surface area contributed by atoms with E-state index in [1.807, 2.05) is 0 Å².